The van der Waals surface area contributed by atoms with E-state index in [1.54, 1.807) is 42.5 Å². The second-order valence-corrected chi connectivity index (χ2v) is 7.12. The first-order chi connectivity index (χ1) is 11.9. The highest BCUT2D eigenvalue weighted by Gasteiger charge is 2.05. The summed E-state index contributed by atoms with van der Waals surface area (Å²) in [6.45, 7) is 0. The number of hydrogen-bond donors (Lipinski definition) is 2. The van der Waals surface area contributed by atoms with E-state index in [0.717, 1.165) is 11.8 Å². The van der Waals surface area contributed by atoms with Gasteiger partial charge in [-0.05, 0) is 42.5 Å². The molecule has 0 aliphatic heterocycles. The minimum Gasteiger partial charge on any atom is -0.340 e. The maximum atomic E-state index is 13.0. The molecule has 1 aromatic heterocycles. The molecule has 0 amide bonds. The van der Waals surface area contributed by atoms with Crippen LogP contribution in [0.2, 0.25) is 0 Å². The average Bonchev–Trinajstić information content (AvgIpc) is 2.54. The lowest BCUT2D eigenvalue weighted by molar-refractivity contribution is 0.607. The van der Waals surface area contributed by atoms with Crippen LogP contribution in [0.4, 0.5) is 21.6 Å². The van der Waals surface area contributed by atoms with Crippen LogP contribution in [0.3, 0.4) is 0 Å². The van der Waals surface area contributed by atoms with E-state index in [4.69, 9.17) is 0 Å². The lowest BCUT2D eigenvalue weighted by Gasteiger charge is -2.09. The number of nitrogens with one attached hydrogen (secondary N) is 2. The Morgan fingerprint density at radius 1 is 0.960 bits per heavy atom. The Morgan fingerprint density at radius 2 is 1.68 bits per heavy atom. The Labute approximate surface area is 144 Å². The van der Waals surface area contributed by atoms with Gasteiger partial charge < -0.3 is 5.32 Å². The van der Waals surface area contributed by atoms with Gasteiger partial charge in [-0.25, -0.2) is 22.8 Å². The van der Waals surface area contributed by atoms with Gasteiger partial charge in [-0.2, -0.15) is 0 Å². The Morgan fingerprint density at radius 3 is 2.40 bits per heavy atom. The smallest absolute Gasteiger partial charge is 0.229 e. The quantitative estimate of drug-likeness (QED) is 0.730. The van der Waals surface area contributed by atoms with E-state index < -0.39 is 10.0 Å². The van der Waals surface area contributed by atoms with E-state index in [-0.39, 0.29) is 5.82 Å². The lowest BCUT2D eigenvalue weighted by atomic mass is 10.1. The number of rotatable bonds is 5. The third kappa shape index (κ3) is 4.74. The van der Waals surface area contributed by atoms with Crippen molar-refractivity contribution in [3.05, 3.63) is 66.7 Å². The normalized spacial score (nSPS) is 11.1. The zero-order valence-corrected chi connectivity index (χ0v) is 14.1. The fraction of sp³-hybridized carbons (Fsp3) is 0.0588. The van der Waals surface area contributed by atoms with Crippen molar-refractivity contribution in [1.29, 1.82) is 0 Å². The molecule has 0 bridgehead atoms. The van der Waals surface area contributed by atoms with E-state index in [0.29, 0.717) is 22.9 Å². The number of hydrogen-bond acceptors (Lipinski definition) is 5. The minimum atomic E-state index is -3.35. The number of anilines is 3. The molecule has 0 atom stereocenters. The van der Waals surface area contributed by atoms with E-state index in [1.807, 2.05) is 0 Å². The van der Waals surface area contributed by atoms with Crippen LogP contribution in [0.15, 0.2) is 60.9 Å². The van der Waals surface area contributed by atoms with Gasteiger partial charge in [-0.15, -0.1) is 0 Å². The SMILES string of the molecule is CS(=O)(=O)Nc1cccc(Nc2cc(-c3ccc(F)cc3)ncn2)c1. The van der Waals surface area contributed by atoms with Crippen molar-refractivity contribution in [2.75, 3.05) is 16.3 Å². The predicted molar refractivity (Wildman–Crippen MR) is 95.6 cm³/mol. The fourth-order valence-corrected chi connectivity index (χ4v) is 2.78. The third-order valence-corrected chi connectivity index (χ3v) is 3.85. The number of benzene rings is 2. The Bertz CT molecular complexity index is 992. The molecule has 2 N–H and O–H groups in total. The van der Waals surface area contributed by atoms with Crippen molar-refractivity contribution in [2.24, 2.45) is 0 Å². The molecule has 2 aromatic carbocycles. The minimum absolute atomic E-state index is 0.314. The van der Waals surface area contributed by atoms with Crippen molar-refractivity contribution in [3.63, 3.8) is 0 Å². The summed E-state index contributed by atoms with van der Waals surface area (Å²) in [5, 5.41) is 3.09. The topological polar surface area (TPSA) is 84.0 Å². The Kier molecular flexibility index (Phi) is 4.62. The molecule has 6 nitrogen and oxygen atoms in total. The fourth-order valence-electron chi connectivity index (χ4n) is 2.23. The molecule has 0 radical (unpaired) electrons. The maximum Gasteiger partial charge on any atom is 0.229 e. The molecule has 0 aliphatic rings. The summed E-state index contributed by atoms with van der Waals surface area (Å²) in [6, 6.07) is 14.5. The second-order valence-electron chi connectivity index (χ2n) is 5.38. The molecule has 128 valence electrons. The van der Waals surface area contributed by atoms with Crippen LogP contribution >= 0.6 is 0 Å². The van der Waals surface area contributed by atoms with Gasteiger partial charge in [-0.3, -0.25) is 4.72 Å². The molecule has 0 spiro atoms. The van der Waals surface area contributed by atoms with Crippen LogP contribution in [0.1, 0.15) is 0 Å². The molecule has 25 heavy (non-hydrogen) atoms. The summed E-state index contributed by atoms with van der Waals surface area (Å²) < 4.78 is 38.1. The van der Waals surface area contributed by atoms with Gasteiger partial charge in [0.05, 0.1) is 17.6 Å². The molecule has 3 rings (SSSR count). The van der Waals surface area contributed by atoms with Gasteiger partial charge in [0.1, 0.15) is 18.0 Å². The summed E-state index contributed by atoms with van der Waals surface area (Å²) in [5.41, 5.74) is 2.51. The third-order valence-electron chi connectivity index (χ3n) is 3.25. The van der Waals surface area contributed by atoms with Crippen LogP contribution in [0.5, 0.6) is 0 Å². The van der Waals surface area contributed by atoms with Gasteiger partial charge in [-0.1, -0.05) is 6.07 Å². The highest BCUT2D eigenvalue weighted by molar-refractivity contribution is 7.92. The molecular formula is C17H15FN4O2S. The van der Waals surface area contributed by atoms with Crippen molar-refractivity contribution in [1.82, 2.24) is 9.97 Å². The van der Waals surface area contributed by atoms with E-state index >= 15 is 0 Å². The number of aromatic nitrogens is 2. The summed E-state index contributed by atoms with van der Waals surface area (Å²) in [4.78, 5) is 8.33. The largest absolute Gasteiger partial charge is 0.340 e. The average molecular weight is 358 g/mol. The van der Waals surface area contributed by atoms with Crippen molar-refractivity contribution in [2.45, 2.75) is 0 Å². The maximum absolute atomic E-state index is 13.0. The van der Waals surface area contributed by atoms with Crippen LogP contribution in [0.25, 0.3) is 11.3 Å². The van der Waals surface area contributed by atoms with Gasteiger partial charge in [0.2, 0.25) is 10.0 Å². The summed E-state index contributed by atoms with van der Waals surface area (Å²) in [5.74, 6) is 0.220. The van der Waals surface area contributed by atoms with Gasteiger partial charge >= 0.3 is 0 Å². The first-order valence-electron chi connectivity index (χ1n) is 7.32. The van der Waals surface area contributed by atoms with Gasteiger partial charge in [0, 0.05) is 17.3 Å². The molecule has 3 aromatic rings. The molecular weight excluding hydrogens is 343 g/mol. The molecule has 0 fully saturated rings. The zero-order valence-electron chi connectivity index (χ0n) is 13.3. The van der Waals surface area contributed by atoms with Crippen LogP contribution in [-0.2, 0) is 10.0 Å². The van der Waals surface area contributed by atoms with Crippen LogP contribution in [-0.4, -0.2) is 24.6 Å². The predicted octanol–water partition coefficient (Wildman–Crippen LogP) is 3.40. The van der Waals surface area contributed by atoms with E-state index in [9.17, 15) is 12.8 Å². The van der Waals surface area contributed by atoms with E-state index in [1.165, 1.54) is 18.5 Å². The number of nitrogens with zero attached hydrogens (tertiary/aromatic N) is 2. The zero-order chi connectivity index (χ0) is 17.9. The van der Waals surface area contributed by atoms with Crippen molar-refractivity contribution >= 4 is 27.2 Å². The Hall–Kier alpha value is -3.00. The van der Waals surface area contributed by atoms with Crippen molar-refractivity contribution < 1.29 is 12.8 Å². The Balaban J connectivity index is 1.83. The monoisotopic (exact) mass is 358 g/mol. The second kappa shape index (κ2) is 6.86. The summed E-state index contributed by atoms with van der Waals surface area (Å²) >= 11 is 0. The molecule has 0 unspecified atom stereocenters. The number of halogens is 1. The van der Waals surface area contributed by atoms with Crippen LogP contribution < -0.4 is 10.0 Å². The van der Waals surface area contributed by atoms with Gasteiger partial charge in [0.15, 0.2) is 0 Å². The molecule has 0 aliphatic carbocycles. The first-order valence-corrected chi connectivity index (χ1v) is 9.21. The standard InChI is InChI=1S/C17H15FN4O2S/c1-25(23,24)22-15-4-2-3-14(9-15)21-17-10-16(19-11-20-17)12-5-7-13(18)8-6-12/h2-11,22H,1H3,(H,19,20,21). The van der Waals surface area contributed by atoms with E-state index in [2.05, 4.69) is 20.0 Å². The molecule has 1 heterocycles. The molecule has 0 saturated heterocycles. The van der Waals surface area contributed by atoms with Gasteiger partial charge in [0.25, 0.3) is 0 Å². The molecule has 0 saturated carbocycles. The highest BCUT2D eigenvalue weighted by Crippen LogP contribution is 2.23. The van der Waals surface area contributed by atoms with Crippen molar-refractivity contribution in [3.8, 4) is 11.3 Å². The summed E-state index contributed by atoms with van der Waals surface area (Å²) in [6.07, 6.45) is 2.49. The first kappa shape index (κ1) is 16.8. The highest BCUT2D eigenvalue weighted by atomic mass is 32.2. The lowest BCUT2D eigenvalue weighted by Crippen LogP contribution is -2.09. The summed E-state index contributed by atoms with van der Waals surface area (Å²) in [7, 11) is -3.35. The number of sulfonamides is 1. The van der Waals surface area contributed by atoms with Crippen LogP contribution in [0, 0.1) is 5.82 Å². The molecule has 8 heteroatoms.